The fraction of sp³-hybridized carbons (Fsp3) is 0.250. The molecule has 0 radical (unpaired) electrons. The molecular formula is C16H16N4O3S. The number of nitrogens with one attached hydrogen (secondary N) is 1. The van der Waals surface area contributed by atoms with Crippen LogP contribution in [0.1, 0.15) is 28.7 Å². The van der Waals surface area contributed by atoms with Crippen LogP contribution < -0.4 is 5.32 Å². The van der Waals surface area contributed by atoms with Crippen molar-refractivity contribution < 1.29 is 9.72 Å². The van der Waals surface area contributed by atoms with Crippen LogP contribution >= 0.6 is 11.3 Å². The van der Waals surface area contributed by atoms with E-state index >= 15 is 0 Å². The molecule has 24 heavy (non-hydrogen) atoms. The second kappa shape index (κ2) is 6.40. The van der Waals surface area contributed by atoms with Crippen molar-refractivity contribution in [2.75, 3.05) is 6.54 Å². The fourth-order valence-corrected chi connectivity index (χ4v) is 3.42. The second-order valence-corrected chi connectivity index (χ2v) is 6.34. The maximum absolute atomic E-state index is 12.1. The van der Waals surface area contributed by atoms with Crippen LogP contribution in [0.3, 0.4) is 0 Å². The number of carbonyl (C=O) groups excluding carboxylic acids is 1. The summed E-state index contributed by atoms with van der Waals surface area (Å²) in [5, 5.41) is 13.8. The quantitative estimate of drug-likeness (QED) is 0.567. The third-order valence-corrected chi connectivity index (χ3v) is 4.81. The molecule has 1 N–H and O–H groups in total. The number of imidazole rings is 1. The third-order valence-electron chi connectivity index (χ3n) is 3.65. The van der Waals surface area contributed by atoms with E-state index in [1.807, 2.05) is 18.2 Å². The number of hydrogen-bond donors (Lipinski definition) is 1. The third kappa shape index (κ3) is 2.88. The summed E-state index contributed by atoms with van der Waals surface area (Å²) in [5.74, 6) is -0.0956. The van der Waals surface area contributed by atoms with Crippen molar-refractivity contribution >= 4 is 27.9 Å². The Balaban J connectivity index is 1.97. The molecule has 0 bridgehead atoms. The zero-order valence-corrected chi connectivity index (χ0v) is 14.1. The molecule has 0 spiro atoms. The van der Waals surface area contributed by atoms with Gasteiger partial charge in [-0.05, 0) is 13.3 Å². The Bertz CT molecular complexity index is 929. The molecule has 0 unspecified atom stereocenters. The lowest BCUT2D eigenvalue weighted by Crippen LogP contribution is -2.23. The molecule has 0 atom stereocenters. The Morgan fingerprint density at radius 3 is 2.92 bits per heavy atom. The van der Waals surface area contributed by atoms with Gasteiger partial charge in [-0.3, -0.25) is 19.3 Å². The van der Waals surface area contributed by atoms with Gasteiger partial charge in [0.1, 0.15) is 4.88 Å². The number of fused-ring (bicyclic) bond motifs is 1. The van der Waals surface area contributed by atoms with Crippen LogP contribution in [0.15, 0.2) is 30.5 Å². The van der Waals surface area contributed by atoms with Crippen molar-refractivity contribution in [2.24, 2.45) is 0 Å². The molecule has 0 fully saturated rings. The topological polar surface area (TPSA) is 89.5 Å². The first-order valence-corrected chi connectivity index (χ1v) is 8.34. The number of thiazole rings is 1. The Labute approximate surface area is 142 Å². The second-order valence-electron chi connectivity index (χ2n) is 5.36. The molecule has 0 aliphatic rings. The summed E-state index contributed by atoms with van der Waals surface area (Å²) < 4.78 is 1.85. The van der Waals surface area contributed by atoms with E-state index in [9.17, 15) is 14.9 Å². The van der Waals surface area contributed by atoms with E-state index in [2.05, 4.69) is 10.3 Å². The number of rotatable bonds is 5. The molecule has 8 heteroatoms. The van der Waals surface area contributed by atoms with Crippen molar-refractivity contribution in [3.8, 4) is 11.3 Å². The van der Waals surface area contributed by atoms with E-state index in [0.29, 0.717) is 27.6 Å². The minimum Gasteiger partial charge on any atom is -0.351 e. The highest BCUT2D eigenvalue weighted by Gasteiger charge is 2.18. The van der Waals surface area contributed by atoms with E-state index in [1.165, 1.54) is 23.5 Å². The van der Waals surface area contributed by atoms with Gasteiger partial charge < -0.3 is 5.32 Å². The van der Waals surface area contributed by atoms with Gasteiger partial charge in [-0.1, -0.05) is 30.4 Å². The lowest BCUT2D eigenvalue weighted by molar-refractivity contribution is -0.384. The standard InChI is InChI=1S/C16H16N4O3S/c1-3-7-17-15(21)14-10(2)19-9-13(18-16(19)24-14)11-5-4-6-12(8-11)20(22)23/h4-6,8-9H,3,7H2,1-2H3,(H,17,21). The van der Waals surface area contributed by atoms with E-state index in [4.69, 9.17) is 0 Å². The molecule has 0 aliphatic carbocycles. The SMILES string of the molecule is CCCNC(=O)c1sc2nc(-c3cccc([N+](=O)[O-])c3)cn2c1C. The number of aryl methyl sites for hydroxylation is 1. The Hall–Kier alpha value is -2.74. The van der Waals surface area contributed by atoms with E-state index < -0.39 is 4.92 Å². The van der Waals surface area contributed by atoms with Gasteiger partial charge in [0.05, 0.1) is 10.6 Å². The highest BCUT2D eigenvalue weighted by molar-refractivity contribution is 7.19. The van der Waals surface area contributed by atoms with E-state index in [-0.39, 0.29) is 11.6 Å². The monoisotopic (exact) mass is 344 g/mol. The van der Waals surface area contributed by atoms with Crippen molar-refractivity contribution in [3.05, 3.63) is 51.1 Å². The number of non-ortho nitro benzene ring substituents is 1. The zero-order valence-electron chi connectivity index (χ0n) is 13.3. The predicted molar refractivity (Wildman–Crippen MR) is 92.5 cm³/mol. The van der Waals surface area contributed by atoms with Gasteiger partial charge in [0.15, 0.2) is 4.96 Å². The van der Waals surface area contributed by atoms with Gasteiger partial charge in [0.25, 0.3) is 11.6 Å². The number of carbonyl (C=O) groups is 1. The van der Waals surface area contributed by atoms with Crippen LogP contribution in [-0.4, -0.2) is 26.8 Å². The maximum atomic E-state index is 12.1. The lowest BCUT2D eigenvalue weighted by atomic mass is 10.1. The van der Waals surface area contributed by atoms with Crippen LogP contribution in [0.5, 0.6) is 0 Å². The number of benzene rings is 1. The maximum Gasteiger partial charge on any atom is 0.270 e. The first kappa shape index (κ1) is 16.1. The normalized spacial score (nSPS) is 10.9. The Kier molecular flexibility index (Phi) is 4.30. The molecule has 2 heterocycles. The highest BCUT2D eigenvalue weighted by Crippen LogP contribution is 2.28. The summed E-state index contributed by atoms with van der Waals surface area (Å²) in [6, 6.07) is 6.36. The average Bonchev–Trinajstić information content (AvgIpc) is 3.12. The molecule has 1 amide bonds. The Morgan fingerprint density at radius 1 is 1.46 bits per heavy atom. The summed E-state index contributed by atoms with van der Waals surface area (Å²) in [4.78, 5) is 28.5. The summed E-state index contributed by atoms with van der Waals surface area (Å²) in [5.41, 5.74) is 2.16. The molecule has 1 aromatic carbocycles. The van der Waals surface area contributed by atoms with E-state index in [0.717, 1.165) is 12.1 Å². The van der Waals surface area contributed by atoms with Gasteiger partial charge in [-0.2, -0.15) is 0 Å². The molecule has 124 valence electrons. The van der Waals surface area contributed by atoms with Crippen LogP contribution in [0.2, 0.25) is 0 Å². The zero-order chi connectivity index (χ0) is 17.3. The van der Waals surface area contributed by atoms with Crippen LogP contribution in [-0.2, 0) is 0 Å². The summed E-state index contributed by atoms with van der Waals surface area (Å²) >= 11 is 1.31. The van der Waals surface area contributed by atoms with Gasteiger partial charge >= 0.3 is 0 Å². The number of nitrogens with zero attached hydrogens (tertiary/aromatic N) is 3. The molecular weight excluding hydrogens is 328 g/mol. The first-order chi connectivity index (χ1) is 11.5. The smallest absolute Gasteiger partial charge is 0.270 e. The van der Waals surface area contributed by atoms with Crippen molar-refractivity contribution in [1.29, 1.82) is 0 Å². The minimum atomic E-state index is -0.427. The molecule has 2 aromatic heterocycles. The number of nitro groups is 1. The van der Waals surface area contributed by atoms with Crippen LogP contribution in [0.25, 0.3) is 16.2 Å². The molecule has 3 rings (SSSR count). The average molecular weight is 344 g/mol. The summed E-state index contributed by atoms with van der Waals surface area (Å²) in [6.07, 6.45) is 2.68. The van der Waals surface area contributed by atoms with Gasteiger partial charge in [0, 0.05) is 36.1 Å². The summed E-state index contributed by atoms with van der Waals surface area (Å²) in [7, 11) is 0. The molecule has 3 aromatic rings. The molecule has 0 saturated carbocycles. The van der Waals surface area contributed by atoms with E-state index in [1.54, 1.807) is 18.3 Å². The lowest BCUT2D eigenvalue weighted by Gasteiger charge is -2.01. The van der Waals surface area contributed by atoms with Crippen molar-refractivity contribution in [1.82, 2.24) is 14.7 Å². The largest absolute Gasteiger partial charge is 0.351 e. The highest BCUT2D eigenvalue weighted by atomic mass is 32.1. The minimum absolute atomic E-state index is 0.0280. The first-order valence-electron chi connectivity index (χ1n) is 7.52. The Morgan fingerprint density at radius 2 is 2.25 bits per heavy atom. The van der Waals surface area contributed by atoms with Crippen LogP contribution in [0, 0.1) is 17.0 Å². The molecule has 0 saturated heterocycles. The number of amides is 1. The van der Waals surface area contributed by atoms with Gasteiger partial charge in [-0.15, -0.1) is 0 Å². The fourth-order valence-electron chi connectivity index (χ4n) is 2.40. The number of hydrogen-bond acceptors (Lipinski definition) is 5. The molecule has 7 nitrogen and oxygen atoms in total. The number of nitro benzene ring substituents is 1. The predicted octanol–water partition coefficient (Wildman–Crippen LogP) is 3.42. The van der Waals surface area contributed by atoms with Gasteiger partial charge in [-0.25, -0.2) is 4.98 Å². The van der Waals surface area contributed by atoms with Crippen molar-refractivity contribution in [2.45, 2.75) is 20.3 Å². The molecule has 0 aliphatic heterocycles. The van der Waals surface area contributed by atoms with Crippen LogP contribution in [0.4, 0.5) is 5.69 Å². The van der Waals surface area contributed by atoms with Crippen molar-refractivity contribution in [3.63, 3.8) is 0 Å². The van der Waals surface area contributed by atoms with Gasteiger partial charge in [0.2, 0.25) is 0 Å². The summed E-state index contributed by atoms with van der Waals surface area (Å²) in [6.45, 7) is 4.50. The number of aromatic nitrogens is 2.